The second-order valence-corrected chi connectivity index (χ2v) is 6.42. The van der Waals surface area contributed by atoms with Gasteiger partial charge < -0.3 is 19.9 Å². The monoisotopic (exact) mass is 327 g/mol. The van der Waals surface area contributed by atoms with E-state index in [1.165, 1.54) is 0 Å². The second kappa shape index (κ2) is 5.92. The molecule has 126 valence electrons. The molecule has 1 aromatic carbocycles. The van der Waals surface area contributed by atoms with Crippen LogP contribution in [0, 0.1) is 0 Å². The predicted molar refractivity (Wildman–Crippen MR) is 91.9 cm³/mol. The van der Waals surface area contributed by atoms with E-state index >= 15 is 0 Å². The molecule has 5 nitrogen and oxygen atoms in total. The van der Waals surface area contributed by atoms with Gasteiger partial charge in [-0.15, -0.1) is 0 Å². The van der Waals surface area contributed by atoms with Crippen LogP contribution in [-0.2, 0) is 5.41 Å². The van der Waals surface area contributed by atoms with Crippen LogP contribution in [0.5, 0.6) is 5.75 Å². The van der Waals surface area contributed by atoms with E-state index in [-0.39, 0.29) is 5.56 Å². The molecule has 0 aliphatic carbocycles. The third-order valence-electron chi connectivity index (χ3n) is 4.60. The molecule has 0 radical (unpaired) electrons. The normalized spacial score (nSPS) is 24.4. The van der Waals surface area contributed by atoms with Gasteiger partial charge in [0, 0.05) is 11.8 Å². The van der Waals surface area contributed by atoms with Gasteiger partial charge >= 0.3 is 0 Å². The molecule has 1 aliphatic heterocycles. The van der Waals surface area contributed by atoms with Crippen molar-refractivity contribution in [3.63, 3.8) is 0 Å². The minimum Gasteiger partial charge on any atom is -0.463 e. The first kappa shape index (κ1) is 16.5. The Kier molecular flexibility index (Phi) is 4.07. The van der Waals surface area contributed by atoms with Crippen LogP contribution in [0.15, 0.2) is 53.0 Å². The fraction of sp³-hybridized carbons (Fsp3) is 0.316. The molecule has 24 heavy (non-hydrogen) atoms. The van der Waals surface area contributed by atoms with E-state index in [2.05, 4.69) is 4.98 Å². The molecular formula is C19H21NO4. The van der Waals surface area contributed by atoms with Crippen molar-refractivity contribution in [3.05, 3.63) is 64.1 Å². The minimum atomic E-state index is -1.20. The van der Waals surface area contributed by atoms with Crippen LogP contribution in [0.2, 0.25) is 0 Å². The van der Waals surface area contributed by atoms with Crippen molar-refractivity contribution in [2.24, 2.45) is 0 Å². The van der Waals surface area contributed by atoms with E-state index in [4.69, 9.17) is 4.74 Å². The third kappa shape index (κ3) is 2.56. The number of nitrogens with one attached hydrogen (secondary N) is 1. The van der Waals surface area contributed by atoms with Crippen molar-refractivity contribution in [1.82, 2.24) is 4.98 Å². The van der Waals surface area contributed by atoms with Crippen LogP contribution in [0.25, 0.3) is 11.1 Å². The molecule has 1 unspecified atom stereocenters. The number of aliphatic hydroxyl groups excluding tert-OH is 2. The highest BCUT2D eigenvalue weighted by Gasteiger charge is 2.46. The molecule has 3 N–H and O–H groups in total. The Balaban J connectivity index is 2.23. The maximum absolute atomic E-state index is 12.5. The Hall–Kier alpha value is -2.37. The summed E-state index contributed by atoms with van der Waals surface area (Å²) in [4.78, 5) is 15.2. The molecule has 0 fully saturated rings. The fourth-order valence-electron chi connectivity index (χ4n) is 3.05. The molecule has 0 spiro atoms. The molecule has 1 aliphatic rings. The number of hydrogen-bond acceptors (Lipinski definition) is 4. The van der Waals surface area contributed by atoms with Crippen molar-refractivity contribution >= 4 is 0 Å². The summed E-state index contributed by atoms with van der Waals surface area (Å²) < 4.78 is 5.68. The third-order valence-corrected chi connectivity index (χ3v) is 4.60. The highest BCUT2D eigenvalue weighted by Crippen LogP contribution is 2.46. The molecule has 3 atom stereocenters. The van der Waals surface area contributed by atoms with Crippen molar-refractivity contribution in [2.75, 3.05) is 0 Å². The van der Waals surface area contributed by atoms with Gasteiger partial charge in [-0.2, -0.15) is 0 Å². The summed E-state index contributed by atoms with van der Waals surface area (Å²) >= 11 is 0. The van der Waals surface area contributed by atoms with E-state index in [1.807, 2.05) is 30.3 Å². The molecule has 0 bridgehead atoms. The summed E-state index contributed by atoms with van der Waals surface area (Å²) in [6.07, 6.45) is 1.43. The number of rotatable bonds is 3. The highest BCUT2D eigenvalue weighted by molar-refractivity contribution is 5.73. The maximum Gasteiger partial charge on any atom is 0.256 e. The average molecular weight is 327 g/mol. The van der Waals surface area contributed by atoms with Crippen LogP contribution in [0.1, 0.15) is 26.3 Å². The standard InChI is InChI=1S/C19H21NO4/c1-11(12(2)21)9-19(3)15-16(24-18(19)23)14(10-20-17(15)22)13-7-5-4-6-8-13/h4-10,12,18,21,23H,1-3H3,(H,20,22)/b11-9+/t12-,18?,19+/m1/s1. The topological polar surface area (TPSA) is 82.6 Å². The number of aromatic nitrogens is 1. The lowest BCUT2D eigenvalue weighted by Gasteiger charge is -2.23. The molecule has 0 amide bonds. The van der Waals surface area contributed by atoms with E-state index in [0.29, 0.717) is 16.9 Å². The summed E-state index contributed by atoms with van der Waals surface area (Å²) in [5, 5.41) is 20.2. The average Bonchev–Trinajstić information content (AvgIpc) is 2.80. The second-order valence-electron chi connectivity index (χ2n) is 6.42. The van der Waals surface area contributed by atoms with Gasteiger partial charge in [0.25, 0.3) is 5.56 Å². The maximum atomic E-state index is 12.5. The molecule has 3 rings (SSSR count). The van der Waals surface area contributed by atoms with E-state index in [0.717, 1.165) is 11.1 Å². The molecule has 2 aromatic rings. The lowest BCUT2D eigenvalue weighted by Crippen LogP contribution is -2.37. The minimum absolute atomic E-state index is 0.307. The molecule has 2 heterocycles. The molecule has 1 aromatic heterocycles. The number of hydrogen-bond donors (Lipinski definition) is 3. The SMILES string of the molecule is C/C(=C\[C@@]1(C)c2c(c(-c3ccccc3)c[nH]c2=O)OC1O)[C@@H](C)O. The summed E-state index contributed by atoms with van der Waals surface area (Å²) in [7, 11) is 0. The Morgan fingerprint density at radius 1 is 1.38 bits per heavy atom. The number of benzene rings is 1. The lowest BCUT2D eigenvalue weighted by atomic mass is 9.81. The number of aliphatic hydroxyl groups is 2. The van der Waals surface area contributed by atoms with Gasteiger partial charge in [0.2, 0.25) is 6.29 Å². The lowest BCUT2D eigenvalue weighted by molar-refractivity contribution is -0.0363. The molecule has 5 heteroatoms. The molecular weight excluding hydrogens is 306 g/mol. The summed E-state index contributed by atoms with van der Waals surface area (Å²) in [5.74, 6) is 0.384. The first-order valence-corrected chi connectivity index (χ1v) is 7.88. The number of H-pyrrole nitrogens is 1. The van der Waals surface area contributed by atoms with Crippen molar-refractivity contribution in [2.45, 2.75) is 38.6 Å². The molecule has 0 saturated heterocycles. The Morgan fingerprint density at radius 3 is 2.67 bits per heavy atom. The highest BCUT2D eigenvalue weighted by atomic mass is 16.6. The van der Waals surface area contributed by atoms with Gasteiger partial charge in [-0.25, -0.2) is 0 Å². The Morgan fingerprint density at radius 2 is 2.04 bits per heavy atom. The van der Waals surface area contributed by atoms with Crippen LogP contribution in [-0.4, -0.2) is 27.6 Å². The zero-order chi connectivity index (χ0) is 17.5. The first-order valence-electron chi connectivity index (χ1n) is 7.88. The van der Waals surface area contributed by atoms with E-state index in [1.54, 1.807) is 33.0 Å². The van der Waals surface area contributed by atoms with Crippen molar-refractivity contribution < 1.29 is 14.9 Å². The zero-order valence-electron chi connectivity index (χ0n) is 13.9. The quantitative estimate of drug-likeness (QED) is 0.756. The van der Waals surface area contributed by atoms with Gasteiger partial charge in [-0.1, -0.05) is 36.4 Å². The van der Waals surface area contributed by atoms with Gasteiger partial charge in [-0.3, -0.25) is 4.79 Å². The summed E-state index contributed by atoms with van der Waals surface area (Å²) in [6, 6.07) is 9.53. The predicted octanol–water partition coefficient (Wildman–Crippen LogP) is 2.34. The zero-order valence-corrected chi connectivity index (χ0v) is 13.9. The van der Waals surface area contributed by atoms with Crippen LogP contribution < -0.4 is 10.3 Å². The van der Waals surface area contributed by atoms with E-state index < -0.39 is 17.8 Å². The first-order chi connectivity index (χ1) is 11.3. The van der Waals surface area contributed by atoms with Crippen molar-refractivity contribution in [1.29, 1.82) is 0 Å². The van der Waals surface area contributed by atoms with E-state index in [9.17, 15) is 15.0 Å². The van der Waals surface area contributed by atoms with Crippen molar-refractivity contribution in [3.8, 4) is 16.9 Å². The van der Waals surface area contributed by atoms with Crippen LogP contribution >= 0.6 is 0 Å². The van der Waals surface area contributed by atoms with Gasteiger partial charge in [-0.05, 0) is 31.9 Å². The number of fused-ring (bicyclic) bond motifs is 1. The van der Waals surface area contributed by atoms with Crippen LogP contribution in [0.4, 0.5) is 0 Å². The molecule has 0 saturated carbocycles. The fourth-order valence-corrected chi connectivity index (χ4v) is 3.05. The number of pyridine rings is 1. The summed E-state index contributed by atoms with van der Waals surface area (Å²) in [6.45, 7) is 5.14. The summed E-state index contributed by atoms with van der Waals surface area (Å²) in [5.41, 5.74) is 1.30. The van der Waals surface area contributed by atoms with Gasteiger partial charge in [0.1, 0.15) is 5.75 Å². The smallest absolute Gasteiger partial charge is 0.256 e. The Bertz CT molecular complexity index is 838. The Labute approximate surface area is 140 Å². The number of ether oxygens (including phenoxy) is 1. The van der Waals surface area contributed by atoms with Gasteiger partial charge in [0.05, 0.1) is 17.1 Å². The van der Waals surface area contributed by atoms with Crippen LogP contribution in [0.3, 0.4) is 0 Å². The number of aromatic amines is 1. The largest absolute Gasteiger partial charge is 0.463 e. The van der Waals surface area contributed by atoms with Gasteiger partial charge in [0.15, 0.2) is 0 Å².